The van der Waals surface area contributed by atoms with Crippen molar-refractivity contribution in [3.63, 3.8) is 0 Å². The first kappa shape index (κ1) is 14.5. The molecule has 1 aliphatic heterocycles. The standard InChI is InChI=1S/C15H21N3O2/c1-10-8-12(15(16)20)3-4-13(10)18-14(19)5-2-11-6-7-17-9-11/h3-4,8,11,17H,2,5-7,9H2,1H3,(H2,16,20)(H,18,19). The summed E-state index contributed by atoms with van der Waals surface area (Å²) in [5.41, 5.74) is 7.26. The zero-order valence-electron chi connectivity index (χ0n) is 11.7. The van der Waals surface area contributed by atoms with Crippen LogP contribution < -0.4 is 16.4 Å². The SMILES string of the molecule is Cc1cc(C(N)=O)ccc1NC(=O)CCC1CCNC1. The van der Waals surface area contributed by atoms with Crippen molar-refractivity contribution in [3.8, 4) is 0 Å². The molecule has 1 fully saturated rings. The molecule has 0 aromatic heterocycles. The Morgan fingerprint density at radius 2 is 2.25 bits per heavy atom. The van der Waals surface area contributed by atoms with E-state index in [1.165, 1.54) is 0 Å². The second-order valence-electron chi connectivity index (χ2n) is 5.34. The molecule has 20 heavy (non-hydrogen) atoms. The van der Waals surface area contributed by atoms with Crippen LogP contribution >= 0.6 is 0 Å². The summed E-state index contributed by atoms with van der Waals surface area (Å²) in [4.78, 5) is 23.0. The van der Waals surface area contributed by atoms with E-state index >= 15 is 0 Å². The molecule has 1 heterocycles. The third-order valence-electron chi connectivity index (χ3n) is 3.73. The van der Waals surface area contributed by atoms with Gasteiger partial charge in [-0.25, -0.2) is 0 Å². The van der Waals surface area contributed by atoms with E-state index in [4.69, 9.17) is 5.73 Å². The smallest absolute Gasteiger partial charge is 0.248 e. The van der Waals surface area contributed by atoms with Crippen LogP contribution in [0.2, 0.25) is 0 Å². The summed E-state index contributed by atoms with van der Waals surface area (Å²) in [5.74, 6) is 0.172. The van der Waals surface area contributed by atoms with Crippen LogP contribution in [0, 0.1) is 12.8 Å². The molecule has 4 N–H and O–H groups in total. The van der Waals surface area contributed by atoms with Gasteiger partial charge in [-0.15, -0.1) is 0 Å². The largest absolute Gasteiger partial charge is 0.366 e. The summed E-state index contributed by atoms with van der Waals surface area (Å²) >= 11 is 0. The normalized spacial score (nSPS) is 17.9. The number of hydrogen-bond acceptors (Lipinski definition) is 3. The highest BCUT2D eigenvalue weighted by Gasteiger charge is 2.16. The van der Waals surface area contributed by atoms with Gasteiger partial charge in [-0.2, -0.15) is 0 Å². The fourth-order valence-corrected chi connectivity index (χ4v) is 2.47. The van der Waals surface area contributed by atoms with Crippen molar-refractivity contribution in [2.75, 3.05) is 18.4 Å². The van der Waals surface area contributed by atoms with Crippen molar-refractivity contribution in [1.82, 2.24) is 5.32 Å². The molecule has 1 saturated heterocycles. The molecular formula is C15H21N3O2. The molecule has 0 aliphatic carbocycles. The van der Waals surface area contributed by atoms with Crippen LogP contribution in [0.1, 0.15) is 35.2 Å². The number of aryl methyl sites for hydroxylation is 1. The lowest BCUT2D eigenvalue weighted by molar-refractivity contribution is -0.116. The monoisotopic (exact) mass is 275 g/mol. The van der Waals surface area contributed by atoms with E-state index < -0.39 is 5.91 Å². The second kappa shape index (κ2) is 6.52. The maximum atomic E-state index is 11.9. The van der Waals surface area contributed by atoms with Crippen LogP contribution in [-0.2, 0) is 4.79 Å². The highest BCUT2D eigenvalue weighted by molar-refractivity contribution is 5.95. The Bertz CT molecular complexity index is 508. The molecule has 2 amide bonds. The van der Waals surface area contributed by atoms with Gasteiger partial charge >= 0.3 is 0 Å². The quantitative estimate of drug-likeness (QED) is 0.760. The number of rotatable bonds is 5. The molecule has 0 bridgehead atoms. The summed E-state index contributed by atoms with van der Waals surface area (Å²) in [6.45, 7) is 3.92. The van der Waals surface area contributed by atoms with Gasteiger partial charge in [0.25, 0.3) is 0 Å². The number of hydrogen-bond donors (Lipinski definition) is 3. The number of primary amides is 1. The minimum absolute atomic E-state index is 0.0202. The minimum Gasteiger partial charge on any atom is -0.366 e. The van der Waals surface area contributed by atoms with E-state index in [2.05, 4.69) is 10.6 Å². The Kier molecular flexibility index (Phi) is 4.74. The fourth-order valence-electron chi connectivity index (χ4n) is 2.47. The molecule has 1 atom stereocenters. The molecule has 5 nitrogen and oxygen atoms in total. The molecule has 1 aromatic rings. The average molecular weight is 275 g/mol. The topological polar surface area (TPSA) is 84.2 Å². The number of anilines is 1. The molecule has 0 radical (unpaired) electrons. The molecule has 2 rings (SSSR count). The summed E-state index contributed by atoms with van der Waals surface area (Å²) < 4.78 is 0. The van der Waals surface area contributed by atoms with Gasteiger partial charge in [0.15, 0.2) is 0 Å². The molecule has 5 heteroatoms. The minimum atomic E-state index is -0.459. The number of nitrogens with two attached hydrogens (primary N) is 1. The zero-order chi connectivity index (χ0) is 14.5. The molecular weight excluding hydrogens is 254 g/mol. The summed E-state index contributed by atoms with van der Waals surface area (Å²) in [5, 5.41) is 6.19. The Hall–Kier alpha value is -1.88. The van der Waals surface area contributed by atoms with Crippen molar-refractivity contribution in [1.29, 1.82) is 0 Å². The number of benzene rings is 1. The van der Waals surface area contributed by atoms with E-state index in [1.54, 1.807) is 18.2 Å². The first-order chi connectivity index (χ1) is 9.56. The first-order valence-electron chi connectivity index (χ1n) is 6.97. The first-order valence-corrected chi connectivity index (χ1v) is 6.97. The van der Waals surface area contributed by atoms with Crippen molar-refractivity contribution in [3.05, 3.63) is 29.3 Å². The van der Waals surface area contributed by atoms with Crippen molar-refractivity contribution < 1.29 is 9.59 Å². The van der Waals surface area contributed by atoms with Gasteiger partial charge in [-0.3, -0.25) is 9.59 Å². The predicted octanol–water partition coefficient (Wildman–Crippen LogP) is 1.42. The number of amides is 2. The van der Waals surface area contributed by atoms with Crippen LogP contribution in [-0.4, -0.2) is 24.9 Å². The van der Waals surface area contributed by atoms with E-state index in [0.29, 0.717) is 17.9 Å². The Balaban J connectivity index is 1.88. The van der Waals surface area contributed by atoms with Crippen molar-refractivity contribution in [2.45, 2.75) is 26.2 Å². The summed E-state index contributed by atoms with van der Waals surface area (Å²) in [7, 11) is 0. The highest BCUT2D eigenvalue weighted by atomic mass is 16.2. The average Bonchev–Trinajstić information content (AvgIpc) is 2.91. The van der Waals surface area contributed by atoms with E-state index in [0.717, 1.165) is 37.2 Å². The van der Waals surface area contributed by atoms with E-state index in [-0.39, 0.29) is 5.91 Å². The molecule has 0 spiro atoms. The lowest BCUT2D eigenvalue weighted by Gasteiger charge is -2.11. The lowest BCUT2D eigenvalue weighted by Crippen LogP contribution is -2.16. The number of nitrogens with one attached hydrogen (secondary N) is 2. The van der Waals surface area contributed by atoms with Gasteiger partial charge in [0.1, 0.15) is 0 Å². The van der Waals surface area contributed by atoms with Gasteiger partial charge in [0.05, 0.1) is 0 Å². The summed E-state index contributed by atoms with van der Waals surface area (Å²) in [6.07, 6.45) is 2.60. The fraction of sp³-hybridized carbons (Fsp3) is 0.467. The highest BCUT2D eigenvalue weighted by Crippen LogP contribution is 2.18. The predicted molar refractivity (Wildman–Crippen MR) is 78.5 cm³/mol. The zero-order valence-corrected chi connectivity index (χ0v) is 11.7. The second-order valence-corrected chi connectivity index (χ2v) is 5.34. The van der Waals surface area contributed by atoms with Gasteiger partial charge in [-0.05, 0) is 62.5 Å². The van der Waals surface area contributed by atoms with Crippen LogP contribution in [0.25, 0.3) is 0 Å². The maximum absolute atomic E-state index is 11.9. The van der Waals surface area contributed by atoms with Crippen LogP contribution in [0.4, 0.5) is 5.69 Å². The van der Waals surface area contributed by atoms with Gasteiger partial charge in [-0.1, -0.05) is 0 Å². The Morgan fingerprint density at radius 3 is 2.85 bits per heavy atom. The molecule has 108 valence electrons. The Morgan fingerprint density at radius 1 is 1.45 bits per heavy atom. The molecule has 1 aliphatic rings. The third kappa shape index (κ3) is 3.81. The lowest BCUT2D eigenvalue weighted by atomic mass is 10.0. The third-order valence-corrected chi connectivity index (χ3v) is 3.73. The molecule has 1 aromatic carbocycles. The molecule has 1 unspecified atom stereocenters. The maximum Gasteiger partial charge on any atom is 0.248 e. The van der Waals surface area contributed by atoms with E-state index in [1.807, 2.05) is 6.92 Å². The van der Waals surface area contributed by atoms with Gasteiger partial charge < -0.3 is 16.4 Å². The van der Waals surface area contributed by atoms with Crippen molar-refractivity contribution >= 4 is 17.5 Å². The molecule has 0 saturated carbocycles. The van der Waals surface area contributed by atoms with Crippen LogP contribution in [0.15, 0.2) is 18.2 Å². The van der Waals surface area contributed by atoms with Crippen LogP contribution in [0.5, 0.6) is 0 Å². The number of carbonyl (C=O) groups excluding carboxylic acids is 2. The van der Waals surface area contributed by atoms with Gasteiger partial charge in [0, 0.05) is 17.7 Å². The Labute approximate surface area is 118 Å². The summed E-state index contributed by atoms with van der Waals surface area (Å²) in [6, 6.07) is 5.05. The van der Waals surface area contributed by atoms with E-state index in [9.17, 15) is 9.59 Å². The number of carbonyl (C=O) groups is 2. The van der Waals surface area contributed by atoms with Gasteiger partial charge in [0.2, 0.25) is 11.8 Å². The van der Waals surface area contributed by atoms with Crippen molar-refractivity contribution in [2.24, 2.45) is 11.7 Å². The van der Waals surface area contributed by atoms with Crippen LogP contribution in [0.3, 0.4) is 0 Å².